The average molecular weight is 270 g/mol. The van der Waals surface area contributed by atoms with E-state index in [0.717, 1.165) is 15.1 Å². The molecule has 1 aromatic carbocycles. The summed E-state index contributed by atoms with van der Waals surface area (Å²) in [4.78, 5) is 16.1. The number of hydrogen-bond acceptors (Lipinski definition) is 2. The van der Waals surface area contributed by atoms with E-state index >= 15 is 0 Å². The number of carbonyl (C=O) groups excluding carboxylic acids is 1. The fraction of sp³-hybridized carbons (Fsp3) is 0.182. The lowest BCUT2D eigenvalue weighted by Gasteiger charge is -2.10. The maximum absolute atomic E-state index is 11.4. The zero-order valence-electron chi connectivity index (χ0n) is 8.61. The van der Waals surface area contributed by atoms with Crippen molar-refractivity contribution in [2.45, 2.75) is 0 Å². The van der Waals surface area contributed by atoms with Gasteiger partial charge < -0.3 is 0 Å². The standard InChI is InChI=1S/C11H12BrNO2/c1-13(15-2)11(14)8-7-9-5-3-4-6-10(9)12/h3-8H,1-2H3/b8-7-. The molecule has 80 valence electrons. The molecular weight excluding hydrogens is 258 g/mol. The van der Waals surface area contributed by atoms with Gasteiger partial charge in [-0.2, -0.15) is 0 Å². The van der Waals surface area contributed by atoms with Crippen LogP contribution in [0.4, 0.5) is 0 Å². The first-order valence-electron chi connectivity index (χ1n) is 4.39. The van der Waals surface area contributed by atoms with Gasteiger partial charge in [-0.1, -0.05) is 34.1 Å². The Kier molecular flexibility index (Phi) is 4.52. The first-order valence-corrected chi connectivity index (χ1v) is 5.19. The van der Waals surface area contributed by atoms with E-state index < -0.39 is 0 Å². The number of nitrogens with zero attached hydrogens (tertiary/aromatic N) is 1. The van der Waals surface area contributed by atoms with Gasteiger partial charge in [0, 0.05) is 17.6 Å². The molecule has 0 radical (unpaired) electrons. The van der Waals surface area contributed by atoms with Crippen LogP contribution >= 0.6 is 15.9 Å². The Labute approximate surface area is 97.4 Å². The lowest BCUT2D eigenvalue weighted by Crippen LogP contribution is -2.22. The van der Waals surface area contributed by atoms with Crippen LogP contribution in [-0.4, -0.2) is 25.1 Å². The minimum Gasteiger partial charge on any atom is -0.274 e. The van der Waals surface area contributed by atoms with Crippen molar-refractivity contribution in [3.8, 4) is 0 Å². The predicted molar refractivity (Wildman–Crippen MR) is 63.0 cm³/mol. The molecule has 0 aliphatic heterocycles. The van der Waals surface area contributed by atoms with Crippen LogP contribution in [0.25, 0.3) is 6.08 Å². The molecule has 1 amide bonds. The van der Waals surface area contributed by atoms with Crippen LogP contribution in [0.3, 0.4) is 0 Å². The number of amides is 1. The van der Waals surface area contributed by atoms with Gasteiger partial charge in [-0.05, 0) is 17.7 Å². The molecule has 0 bridgehead atoms. The maximum atomic E-state index is 11.4. The van der Waals surface area contributed by atoms with Crippen molar-refractivity contribution in [3.63, 3.8) is 0 Å². The minimum atomic E-state index is -0.201. The van der Waals surface area contributed by atoms with E-state index in [4.69, 9.17) is 4.84 Å². The number of rotatable bonds is 3. The Morgan fingerprint density at radius 1 is 1.47 bits per heavy atom. The van der Waals surface area contributed by atoms with Gasteiger partial charge in [0.15, 0.2) is 0 Å². The van der Waals surface area contributed by atoms with Gasteiger partial charge in [-0.15, -0.1) is 0 Å². The van der Waals surface area contributed by atoms with Gasteiger partial charge in [0.1, 0.15) is 0 Å². The van der Waals surface area contributed by atoms with E-state index in [2.05, 4.69) is 15.9 Å². The van der Waals surface area contributed by atoms with Crippen LogP contribution in [0, 0.1) is 0 Å². The second-order valence-corrected chi connectivity index (χ2v) is 3.73. The van der Waals surface area contributed by atoms with Crippen LogP contribution in [0.15, 0.2) is 34.8 Å². The highest BCUT2D eigenvalue weighted by Crippen LogP contribution is 2.17. The third-order valence-corrected chi connectivity index (χ3v) is 2.62. The van der Waals surface area contributed by atoms with Crippen molar-refractivity contribution >= 4 is 27.9 Å². The van der Waals surface area contributed by atoms with Crippen molar-refractivity contribution in [1.29, 1.82) is 0 Å². The number of hydroxylamine groups is 2. The highest BCUT2D eigenvalue weighted by atomic mass is 79.9. The summed E-state index contributed by atoms with van der Waals surface area (Å²) in [5.41, 5.74) is 0.954. The van der Waals surface area contributed by atoms with Gasteiger partial charge in [0.05, 0.1) is 7.11 Å². The fourth-order valence-electron chi connectivity index (χ4n) is 0.966. The average Bonchev–Trinajstić information content (AvgIpc) is 2.26. The Bertz CT molecular complexity index is 377. The molecule has 0 heterocycles. The molecule has 0 N–H and O–H groups in total. The van der Waals surface area contributed by atoms with Gasteiger partial charge in [0.2, 0.25) is 0 Å². The van der Waals surface area contributed by atoms with E-state index in [0.29, 0.717) is 0 Å². The van der Waals surface area contributed by atoms with E-state index in [-0.39, 0.29) is 5.91 Å². The predicted octanol–water partition coefficient (Wildman–Crippen LogP) is 2.48. The molecule has 15 heavy (non-hydrogen) atoms. The number of hydrogen-bond donors (Lipinski definition) is 0. The molecule has 0 fully saturated rings. The van der Waals surface area contributed by atoms with E-state index in [1.165, 1.54) is 13.2 Å². The summed E-state index contributed by atoms with van der Waals surface area (Å²) >= 11 is 3.39. The molecule has 0 saturated carbocycles. The van der Waals surface area contributed by atoms with Gasteiger partial charge in [-0.3, -0.25) is 9.63 Å². The van der Waals surface area contributed by atoms with E-state index in [9.17, 15) is 4.79 Å². The lowest BCUT2D eigenvalue weighted by molar-refractivity contribution is -0.162. The summed E-state index contributed by atoms with van der Waals surface area (Å²) in [6.07, 6.45) is 3.20. The van der Waals surface area contributed by atoms with E-state index in [1.807, 2.05) is 24.3 Å². The molecule has 4 heteroatoms. The van der Waals surface area contributed by atoms with Crippen LogP contribution < -0.4 is 0 Å². The Balaban J connectivity index is 2.74. The second-order valence-electron chi connectivity index (χ2n) is 2.87. The zero-order valence-corrected chi connectivity index (χ0v) is 10.2. The SMILES string of the molecule is CON(C)C(=O)/C=C\c1ccccc1Br. The first kappa shape index (κ1) is 11.9. The van der Waals surface area contributed by atoms with Gasteiger partial charge in [0.25, 0.3) is 5.91 Å². The number of benzene rings is 1. The third kappa shape index (κ3) is 3.49. The first-order chi connectivity index (χ1) is 7.15. The Morgan fingerprint density at radius 3 is 2.73 bits per heavy atom. The van der Waals surface area contributed by atoms with Crippen LogP contribution in [-0.2, 0) is 9.63 Å². The molecule has 0 unspecified atom stereocenters. The summed E-state index contributed by atoms with van der Waals surface area (Å²) in [5, 5.41) is 1.16. The molecule has 0 aromatic heterocycles. The van der Waals surface area contributed by atoms with Crippen molar-refractivity contribution in [2.75, 3.05) is 14.2 Å². The molecule has 0 aliphatic rings. The molecular formula is C11H12BrNO2. The minimum absolute atomic E-state index is 0.201. The van der Waals surface area contributed by atoms with Crippen molar-refractivity contribution in [3.05, 3.63) is 40.4 Å². The monoisotopic (exact) mass is 269 g/mol. The molecule has 0 atom stereocenters. The van der Waals surface area contributed by atoms with Crippen LogP contribution in [0.1, 0.15) is 5.56 Å². The smallest absolute Gasteiger partial charge is 0.269 e. The molecule has 1 aromatic rings. The molecule has 3 nitrogen and oxygen atoms in total. The Hall–Kier alpha value is -1.13. The summed E-state index contributed by atoms with van der Waals surface area (Å²) in [7, 11) is 3.01. The largest absolute Gasteiger partial charge is 0.274 e. The summed E-state index contributed by atoms with van der Waals surface area (Å²) < 4.78 is 0.953. The Morgan fingerprint density at radius 2 is 2.13 bits per heavy atom. The fourth-order valence-corrected chi connectivity index (χ4v) is 1.38. The van der Waals surface area contributed by atoms with Gasteiger partial charge in [-0.25, -0.2) is 5.06 Å². The van der Waals surface area contributed by atoms with Crippen molar-refractivity contribution in [1.82, 2.24) is 5.06 Å². The molecule has 1 rings (SSSR count). The summed E-state index contributed by atoms with van der Waals surface area (Å²) in [6, 6.07) is 7.67. The number of halogens is 1. The second kappa shape index (κ2) is 5.68. The van der Waals surface area contributed by atoms with E-state index in [1.54, 1.807) is 13.1 Å². The van der Waals surface area contributed by atoms with Crippen molar-refractivity contribution < 1.29 is 9.63 Å². The van der Waals surface area contributed by atoms with Gasteiger partial charge >= 0.3 is 0 Å². The maximum Gasteiger partial charge on any atom is 0.269 e. The highest BCUT2D eigenvalue weighted by molar-refractivity contribution is 9.10. The summed E-state index contributed by atoms with van der Waals surface area (Å²) in [6.45, 7) is 0. The summed E-state index contributed by atoms with van der Waals surface area (Å²) in [5.74, 6) is -0.201. The van der Waals surface area contributed by atoms with Crippen LogP contribution in [0.2, 0.25) is 0 Å². The molecule has 0 spiro atoms. The quantitative estimate of drug-likeness (QED) is 0.623. The molecule has 0 aliphatic carbocycles. The number of carbonyl (C=O) groups is 1. The number of likely N-dealkylation sites (N-methyl/N-ethyl adjacent to an activating group) is 1. The highest BCUT2D eigenvalue weighted by Gasteiger charge is 2.02. The zero-order chi connectivity index (χ0) is 11.3. The van der Waals surface area contributed by atoms with Crippen molar-refractivity contribution in [2.24, 2.45) is 0 Å². The molecule has 0 saturated heterocycles. The lowest BCUT2D eigenvalue weighted by atomic mass is 10.2. The van der Waals surface area contributed by atoms with Crippen LogP contribution in [0.5, 0.6) is 0 Å². The third-order valence-electron chi connectivity index (χ3n) is 1.89. The topological polar surface area (TPSA) is 29.5 Å². The normalized spacial score (nSPS) is 10.6.